The molecule has 0 aromatic carbocycles. The number of halogens is 2. The summed E-state index contributed by atoms with van der Waals surface area (Å²) in [4.78, 5) is 30.0. The number of carbonyl (C=O) groups is 3. The maximum absolute atomic E-state index is 11.7. The first kappa shape index (κ1) is 23.0. The third-order valence-electron chi connectivity index (χ3n) is 1.01. The summed E-state index contributed by atoms with van der Waals surface area (Å²) >= 11 is 0. The molecule has 1 radical (unpaired) electrons. The second-order valence-electron chi connectivity index (χ2n) is 2.66. The maximum atomic E-state index is 11.7. The maximum Gasteiger partial charge on any atom is 0.411 e. The van der Waals surface area contributed by atoms with Crippen molar-refractivity contribution in [2.45, 2.75) is 0 Å². The number of amides is 1. The monoisotopic (exact) mass is 327 g/mol. The fourth-order valence-electron chi connectivity index (χ4n) is 0.391. The normalized spacial score (nSPS) is 7.65. The number of carbonyl (C=O) groups excluding carboxylic acids is 3. The predicted molar refractivity (Wildman–Crippen MR) is 57.2 cm³/mol. The van der Waals surface area contributed by atoms with E-state index in [4.69, 9.17) is 5.26 Å². The fourth-order valence-corrected chi connectivity index (χ4v) is 0.391. The number of primary amides is 1. The molecule has 0 fully saturated rings. The Morgan fingerprint density at radius 1 is 1.10 bits per heavy atom. The minimum atomic E-state index is -1.26. The van der Waals surface area contributed by atoms with Crippen molar-refractivity contribution in [1.29, 1.82) is 5.26 Å². The molecule has 2 N–H and O–H groups in total. The molecule has 0 saturated heterocycles. The van der Waals surface area contributed by atoms with Crippen LogP contribution in [0, 0.1) is 11.3 Å². The molecule has 0 heterocycles. The van der Waals surface area contributed by atoms with Crippen molar-refractivity contribution in [2.24, 2.45) is 5.73 Å². The van der Waals surface area contributed by atoms with Crippen LogP contribution in [-0.2, 0) is 42.4 Å². The quantitative estimate of drug-likeness (QED) is 0.442. The average molecular weight is 327 g/mol. The Morgan fingerprint density at radius 3 is 1.80 bits per heavy atom. The average Bonchev–Trinajstić information content (AvgIpc) is 2.33. The summed E-state index contributed by atoms with van der Waals surface area (Å²) in [6.45, 7) is 4.44. The van der Waals surface area contributed by atoms with Crippen LogP contribution in [0.5, 0.6) is 0 Å². The van der Waals surface area contributed by atoms with Crippen molar-refractivity contribution in [2.75, 3.05) is 13.2 Å². The number of nitrogens with zero attached hydrogens (tertiary/aromatic N) is 1. The van der Waals surface area contributed by atoms with E-state index in [-0.39, 0.29) is 18.6 Å². The van der Waals surface area contributed by atoms with Crippen molar-refractivity contribution < 1.29 is 51.2 Å². The molecule has 7 nitrogen and oxygen atoms in total. The number of ether oxygens (including phenoxy) is 2. The molecule has 0 saturated carbocycles. The van der Waals surface area contributed by atoms with Crippen LogP contribution in [0.2, 0.25) is 0 Å². The molecule has 0 aliphatic rings. The fraction of sp³-hybridized carbons (Fsp3) is 0.200. The van der Waals surface area contributed by atoms with Crippen molar-refractivity contribution in [3.8, 4) is 6.07 Å². The van der Waals surface area contributed by atoms with Crippen LogP contribution in [0.25, 0.3) is 0 Å². The molecule has 0 unspecified atom stereocenters. The van der Waals surface area contributed by atoms with Gasteiger partial charge >= 0.3 is 17.8 Å². The van der Waals surface area contributed by atoms with Gasteiger partial charge in [-0.25, -0.2) is 18.4 Å². The summed E-state index contributed by atoms with van der Waals surface area (Å²) in [6.07, 6.45) is 0. The van der Waals surface area contributed by atoms with Gasteiger partial charge in [0.2, 0.25) is 0 Å². The molecule has 0 bridgehead atoms. The van der Waals surface area contributed by atoms with Crippen molar-refractivity contribution in [3.05, 3.63) is 24.8 Å². The summed E-state index contributed by atoms with van der Waals surface area (Å²) in [5.41, 5.74) is 4.46. The summed E-state index contributed by atoms with van der Waals surface area (Å²) in [5.74, 6) is -5.23. The van der Waals surface area contributed by atoms with Gasteiger partial charge in [-0.3, -0.25) is 4.79 Å². The van der Waals surface area contributed by atoms with Gasteiger partial charge in [0.25, 0.3) is 0 Å². The van der Waals surface area contributed by atoms with E-state index >= 15 is 0 Å². The second kappa shape index (κ2) is 13.3. The number of nitrogens with two attached hydrogens (primary N) is 1. The molecule has 0 rings (SSSR count). The first-order chi connectivity index (χ1) is 8.70. The van der Waals surface area contributed by atoms with Gasteiger partial charge in [-0.2, -0.15) is 5.26 Å². The summed E-state index contributed by atoms with van der Waals surface area (Å²) in [7, 11) is 0. The van der Waals surface area contributed by atoms with Crippen LogP contribution < -0.4 is 5.73 Å². The SMILES string of the molecule is C=C(F)COC(=O)C#N.C=C(F)COC(=O)C(N)=O.[V]. The van der Waals surface area contributed by atoms with E-state index in [9.17, 15) is 23.2 Å². The van der Waals surface area contributed by atoms with Crippen molar-refractivity contribution in [3.63, 3.8) is 0 Å². The van der Waals surface area contributed by atoms with Crippen molar-refractivity contribution >= 4 is 17.8 Å². The van der Waals surface area contributed by atoms with Crippen molar-refractivity contribution in [1.82, 2.24) is 0 Å². The molecule has 1 amide bonds. The van der Waals surface area contributed by atoms with E-state index < -0.39 is 42.7 Å². The Hall–Kier alpha value is -2.18. The van der Waals surface area contributed by atoms with Gasteiger partial charge in [-0.05, 0) is 0 Å². The van der Waals surface area contributed by atoms with Gasteiger partial charge in [-0.15, -0.1) is 0 Å². The number of hydrogen-bond donors (Lipinski definition) is 1. The Labute approximate surface area is 124 Å². The topological polar surface area (TPSA) is 119 Å². The van der Waals surface area contributed by atoms with E-state index in [0.29, 0.717) is 0 Å². The minimum absolute atomic E-state index is 0. The van der Waals surface area contributed by atoms with Crippen LogP contribution >= 0.6 is 0 Å². The minimum Gasteiger partial charge on any atom is -0.451 e. The predicted octanol–water partition coefficient (Wildman–Crippen LogP) is 0.0320. The molecule has 20 heavy (non-hydrogen) atoms. The van der Waals surface area contributed by atoms with Crippen LogP contribution in [0.15, 0.2) is 24.8 Å². The van der Waals surface area contributed by atoms with E-state index in [1.807, 2.05) is 0 Å². The molecule has 0 aromatic heterocycles. The van der Waals surface area contributed by atoms with Gasteiger partial charge in [0, 0.05) is 18.6 Å². The van der Waals surface area contributed by atoms with Gasteiger partial charge < -0.3 is 15.2 Å². The number of esters is 2. The van der Waals surface area contributed by atoms with Gasteiger partial charge in [-0.1, -0.05) is 13.2 Å². The molecule has 0 spiro atoms. The Morgan fingerprint density at radius 2 is 1.50 bits per heavy atom. The Bertz CT molecular complexity index is 434. The van der Waals surface area contributed by atoms with E-state index in [2.05, 4.69) is 28.4 Å². The Kier molecular flexibility index (Phi) is 15.2. The Balaban J connectivity index is -0.000000277. The number of rotatable bonds is 4. The summed E-state index contributed by atoms with van der Waals surface area (Å²) in [5, 5.41) is 7.77. The summed E-state index contributed by atoms with van der Waals surface area (Å²) in [6, 6.07) is 1.15. The molecular weight excluding hydrogens is 317 g/mol. The number of nitriles is 1. The molecule has 0 aliphatic heterocycles. The van der Waals surface area contributed by atoms with Crippen LogP contribution in [0.4, 0.5) is 8.78 Å². The molecular formula is C10H10F2N2O5V. The van der Waals surface area contributed by atoms with Crippen LogP contribution in [0.3, 0.4) is 0 Å². The van der Waals surface area contributed by atoms with Crippen LogP contribution in [-0.4, -0.2) is 31.1 Å². The van der Waals surface area contributed by atoms with Gasteiger partial charge in [0.1, 0.15) is 24.9 Å². The molecule has 109 valence electrons. The van der Waals surface area contributed by atoms with E-state index in [1.165, 1.54) is 0 Å². The number of hydrogen-bond acceptors (Lipinski definition) is 6. The zero-order valence-corrected chi connectivity index (χ0v) is 11.5. The van der Waals surface area contributed by atoms with E-state index in [0.717, 1.165) is 6.07 Å². The zero-order chi connectivity index (χ0) is 15.4. The molecule has 10 heteroatoms. The van der Waals surface area contributed by atoms with Gasteiger partial charge in [0.05, 0.1) is 0 Å². The van der Waals surface area contributed by atoms with Crippen LogP contribution in [0.1, 0.15) is 0 Å². The first-order valence-electron chi connectivity index (χ1n) is 4.40. The third-order valence-corrected chi connectivity index (χ3v) is 1.01. The molecule has 0 aromatic rings. The molecule has 0 aliphatic carbocycles. The zero-order valence-electron chi connectivity index (χ0n) is 10.1. The van der Waals surface area contributed by atoms with Gasteiger partial charge in [0.15, 0.2) is 6.07 Å². The third kappa shape index (κ3) is 18.2. The second-order valence-corrected chi connectivity index (χ2v) is 2.66. The first-order valence-corrected chi connectivity index (χ1v) is 4.40. The largest absolute Gasteiger partial charge is 0.451 e. The molecule has 0 atom stereocenters. The standard InChI is InChI=1S/C5H6FNO3.C5H4FNO2.V/c1-3(6)2-10-5(9)4(7)8;1-4(6)3-9-5(8)2-7;/h1-2H2,(H2,7,8);1,3H2;. The van der Waals surface area contributed by atoms with E-state index in [1.54, 1.807) is 0 Å². The smallest absolute Gasteiger partial charge is 0.411 e. The summed E-state index contributed by atoms with van der Waals surface area (Å²) < 4.78 is 31.3.